The molecule has 3 atom stereocenters. The Morgan fingerprint density at radius 1 is 0.776 bits per heavy atom. The van der Waals surface area contributed by atoms with Gasteiger partial charge in [0, 0.05) is 30.0 Å². The predicted molar refractivity (Wildman–Crippen MR) is 221 cm³/mol. The highest BCUT2D eigenvalue weighted by atomic mass is 32.2. The molecule has 1 saturated heterocycles. The lowest BCUT2D eigenvalue weighted by Crippen LogP contribution is -2.31. The molecule has 0 saturated carbocycles. The normalized spacial score (nSPS) is 16.4. The number of para-hydroxylation sites is 1. The number of hydrogen-bond donors (Lipinski definition) is 4. The molecule has 1 fully saturated rings. The van der Waals surface area contributed by atoms with E-state index in [4.69, 9.17) is 14.2 Å². The molecule has 13 heteroatoms. The number of carbonyl (C=O) groups excluding carboxylic acids is 1. The maximum absolute atomic E-state index is 12.7. The Labute approximate surface area is 339 Å². The van der Waals surface area contributed by atoms with Crippen LogP contribution in [0.25, 0.3) is 16.8 Å². The molecule has 1 aliphatic rings. The predicted octanol–water partition coefficient (Wildman–Crippen LogP) is 8.98. The zero-order valence-corrected chi connectivity index (χ0v) is 32.0. The molecule has 58 heavy (non-hydrogen) atoms. The molecule has 0 bridgehead atoms. The van der Waals surface area contributed by atoms with Crippen molar-refractivity contribution in [2.24, 2.45) is 0 Å². The number of carbonyl (C=O) groups is 1. The van der Waals surface area contributed by atoms with Gasteiger partial charge in [0.2, 0.25) is 5.16 Å². The van der Waals surface area contributed by atoms with E-state index in [1.54, 1.807) is 41.1 Å². The Morgan fingerprint density at radius 3 is 2.28 bits per heavy atom. The number of urea groups is 1. The molecule has 8 rings (SSSR count). The third-order valence-corrected chi connectivity index (χ3v) is 10.6. The van der Waals surface area contributed by atoms with Gasteiger partial charge in [0.15, 0.2) is 6.29 Å². The monoisotopic (exact) mass is 792 g/mol. The summed E-state index contributed by atoms with van der Waals surface area (Å²) in [7, 11) is 0. The molecule has 6 aromatic carbocycles. The highest BCUT2D eigenvalue weighted by molar-refractivity contribution is 7.99. The number of tetrazole rings is 1. The molecule has 0 spiro atoms. The van der Waals surface area contributed by atoms with Crippen LogP contribution in [0.3, 0.4) is 0 Å². The maximum Gasteiger partial charge on any atom is 0.319 e. The second kappa shape index (κ2) is 18.2. The molecule has 12 nitrogen and oxygen atoms in total. The minimum absolute atomic E-state index is 0.0325. The van der Waals surface area contributed by atoms with Crippen molar-refractivity contribution in [3.05, 3.63) is 174 Å². The second-order valence-corrected chi connectivity index (χ2v) is 14.6. The number of phenols is 1. The van der Waals surface area contributed by atoms with Gasteiger partial charge in [0.25, 0.3) is 0 Å². The summed E-state index contributed by atoms with van der Waals surface area (Å²) < 4.78 is 20.6. The summed E-state index contributed by atoms with van der Waals surface area (Å²) in [5.41, 5.74) is 7.06. The van der Waals surface area contributed by atoms with E-state index < -0.39 is 6.29 Å². The van der Waals surface area contributed by atoms with Gasteiger partial charge in [-0.2, -0.15) is 4.68 Å². The number of amides is 2. The fourth-order valence-corrected chi connectivity index (χ4v) is 7.41. The molecule has 0 radical (unpaired) electrons. The molecule has 292 valence electrons. The zero-order valence-electron chi connectivity index (χ0n) is 31.2. The summed E-state index contributed by atoms with van der Waals surface area (Å²) in [5.74, 6) is 2.15. The van der Waals surface area contributed by atoms with Crippen LogP contribution >= 0.6 is 11.8 Å². The molecule has 2 heterocycles. The first kappa shape index (κ1) is 38.4. The first-order chi connectivity index (χ1) is 28.5. The molecule has 7 aromatic rings. The summed E-state index contributed by atoms with van der Waals surface area (Å²) in [6.07, 6.45) is -0.481. The van der Waals surface area contributed by atoms with Gasteiger partial charge in [-0.1, -0.05) is 96.7 Å². The second-order valence-electron chi connectivity index (χ2n) is 13.6. The van der Waals surface area contributed by atoms with Crippen molar-refractivity contribution in [3.63, 3.8) is 0 Å². The Morgan fingerprint density at radius 2 is 1.52 bits per heavy atom. The number of aromatic nitrogens is 4. The Kier molecular flexibility index (Phi) is 12.0. The van der Waals surface area contributed by atoms with E-state index in [0.717, 1.165) is 44.8 Å². The van der Waals surface area contributed by atoms with Crippen LogP contribution in [-0.4, -0.2) is 48.3 Å². The van der Waals surface area contributed by atoms with Gasteiger partial charge in [-0.15, -0.1) is 5.10 Å². The summed E-state index contributed by atoms with van der Waals surface area (Å²) in [5, 5.41) is 38.0. The number of aliphatic hydroxyl groups is 1. The molecule has 1 aliphatic heterocycles. The largest absolute Gasteiger partial charge is 0.508 e. The number of anilines is 1. The minimum atomic E-state index is -0.634. The van der Waals surface area contributed by atoms with E-state index in [1.165, 1.54) is 11.8 Å². The fraction of sp³-hybridized carbons (Fsp3) is 0.156. The van der Waals surface area contributed by atoms with Crippen molar-refractivity contribution in [2.45, 2.75) is 43.2 Å². The van der Waals surface area contributed by atoms with E-state index in [9.17, 15) is 15.0 Å². The SMILES string of the molecule is O=C(NCc1cccc(-c2ccc([C@@H]3O[C@H](CSc4nnnn4-c4ccc(O)cc4)C[C@H](c4ccc(CO)cc4)O3)cc2)c1)Nc1ccc(Oc2ccccc2)cc1. The van der Waals surface area contributed by atoms with Gasteiger partial charge >= 0.3 is 6.03 Å². The number of benzene rings is 6. The van der Waals surface area contributed by atoms with Crippen LogP contribution in [0.2, 0.25) is 0 Å². The van der Waals surface area contributed by atoms with E-state index in [0.29, 0.717) is 35.3 Å². The van der Waals surface area contributed by atoms with Gasteiger partial charge in [0.05, 0.1) is 24.5 Å². The standard InChI is InChI=1S/C45H40N6O6S/c52-28-30-9-11-33(12-10-30)42-26-41(29-58-45-48-49-50-51(45)37-19-21-38(53)22-20-37)56-43(57-42)34-15-13-32(14-16-34)35-6-4-5-31(25-35)27-46-44(54)47-36-17-23-40(24-18-36)55-39-7-2-1-3-8-39/h1-25,41-43,52-53H,26-29H2,(H2,46,47,54)/t41-,42+,43+/m0/s1. The number of rotatable bonds is 13. The number of aliphatic hydroxyl groups excluding tert-OH is 1. The van der Waals surface area contributed by atoms with Gasteiger partial charge in [-0.05, 0) is 105 Å². The van der Waals surface area contributed by atoms with Gasteiger partial charge < -0.3 is 35.1 Å². The first-order valence-corrected chi connectivity index (χ1v) is 19.7. The van der Waals surface area contributed by atoms with Crippen molar-refractivity contribution in [2.75, 3.05) is 11.1 Å². The average Bonchev–Trinajstić information content (AvgIpc) is 3.75. The smallest absolute Gasteiger partial charge is 0.319 e. The van der Waals surface area contributed by atoms with Crippen LogP contribution in [-0.2, 0) is 22.6 Å². The van der Waals surface area contributed by atoms with E-state index in [-0.39, 0.29) is 30.6 Å². The Balaban J connectivity index is 0.906. The topological polar surface area (TPSA) is 153 Å². The first-order valence-electron chi connectivity index (χ1n) is 18.7. The van der Waals surface area contributed by atoms with Crippen LogP contribution in [0.5, 0.6) is 17.2 Å². The number of nitrogens with zero attached hydrogens (tertiary/aromatic N) is 4. The maximum atomic E-state index is 12.7. The van der Waals surface area contributed by atoms with Crippen LogP contribution in [0, 0.1) is 0 Å². The van der Waals surface area contributed by atoms with Crippen LogP contribution in [0.15, 0.2) is 157 Å². The lowest BCUT2D eigenvalue weighted by molar-refractivity contribution is -0.245. The lowest BCUT2D eigenvalue weighted by Gasteiger charge is -2.36. The van der Waals surface area contributed by atoms with Gasteiger partial charge in [-0.3, -0.25) is 0 Å². The van der Waals surface area contributed by atoms with Crippen molar-refractivity contribution in [1.82, 2.24) is 25.5 Å². The van der Waals surface area contributed by atoms with Crippen LogP contribution in [0.1, 0.15) is 41.1 Å². The third-order valence-electron chi connectivity index (χ3n) is 9.54. The summed E-state index contributed by atoms with van der Waals surface area (Å²) in [6.45, 7) is 0.313. The number of nitrogens with one attached hydrogen (secondary N) is 2. The molecular formula is C45H40N6O6S. The van der Waals surface area contributed by atoms with Crippen molar-refractivity contribution >= 4 is 23.5 Å². The molecule has 4 N–H and O–H groups in total. The third kappa shape index (κ3) is 9.71. The van der Waals surface area contributed by atoms with Crippen LogP contribution < -0.4 is 15.4 Å². The molecule has 2 amide bonds. The summed E-state index contributed by atoms with van der Waals surface area (Å²) in [6, 6.07) is 47.1. The summed E-state index contributed by atoms with van der Waals surface area (Å²) in [4.78, 5) is 12.7. The van der Waals surface area contributed by atoms with Crippen molar-refractivity contribution < 1.29 is 29.2 Å². The fourth-order valence-electron chi connectivity index (χ4n) is 6.50. The number of phenolic OH excluding ortho intramolecular Hbond substituents is 1. The number of hydrogen-bond acceptors (Lipinski definition) is 10. The number of thioether (sulfide) groups is 1. The highest BCUT2D eigenvalue weighted by Gasteiger charge is 2.33. The van der Waals surface area contributed by atoms with E-state index in [2.05, 4.69) is 32.2 Å². The average molecular weight is 793 g/mol. The Hall–Kier alpha value is -6.51. The van der Waals surface area contributed by atoms with E-state index in [1.807, 2.05) is 109 Å². The van der Waals surface area contributed by atoms with Crippen molar-refractivity contribution in [1.29, 1.82) is 0 Å². The molecule has 0 unspecified atom stereocenters. The van der Waals surface area contributed by atoms with Crippen molar-refractivity contribution in [3.8, 4) is 34.1 Å². The molecular weight excluding hydrogens is 753 g/mol. The number of ether oxygens (including phenoxy) is 3. The highest BCUT2D eigenvalue weighted by Crippen LogP contribution is 2.40. The number of aromatic hydroxyl groups is 1. The quantitative estimate of drug-likeness (QED) is 0.0833. The Bertz CT molecular complexity index is 2410. The van der Waals surface area contributed by atoms with Gasteiger partial charge in [0.1, 0.15) is 17.2 Å². The van der Waals surface area contributed by atoms with E-state index >= 15 is 0 Å². The summed E-state index contributed by atoms with van der Waals surface area (Å²) >= 11 is 1.48. The van der Waals surface area contributed by atoms with Gasteiger partial charge in [-0.25, -0.2) is 4.79 Å². The minimum Gasteiger partial charge on any atom is -0.508 e. The van der Waals surface area contributed by atoms with Crippen LogP contribution in [0.4, 0.5) is 10.5 Å². The molecule has 0 aliphatic carbocycles. The molecule has 1 aromatic heterocycles. The lowest BCUT2D eigenvalue weighted by atomic mass is 9.99. The zero-order chi connectivity index (χ0) is 39.7.